The van der Waals surface area contributed by atoms with Gasteiger partial charge in [0.1, 0.15) is 0 Å². The highest BCUT2D eigenvalue weighted by Crippen LogP contribution is 2.21. The molecule has 6 heteroatoms. The largest absolute Gasteiger partial charge is 0.299 e. The molecule has 2 aliphatic rings. The van der Waals surface area contributed by atoms with Crippen molar-refractivity contribution in [1.29, 1.82) is 0 Å². The Morgan fingerprint density at radius 2 is 1.77 bits per heavy atom. The number of aromatic nitrogens is 2. The van der Waals surface area contributed by atoms with Crippen LogP contribution in [-0.4, -0.2) is 58.1 Å². The summed E-state index contributed by atoms with van der Waals surface area (Å²) in [6.07, 6.45) is 0.985. The van der Waals surface area contributed by atoms with Gasteiger partial charge in [0.15, 0.2) is 0 Å². The highest BCUT2D eigenvalue weighted by Gasteiger charge is 2.18. The number of nitrogens with zero attached hydrogens (tertiary/aromatic N) is 4. The van der Waals surface area contributed by atoms with Crippen molar-refractivity contribution in [2.75, 3.05) is 38.5 Å². The molecule has 1 aromatic carbocycles. The highest BCUT2D eigenvalue weighted by molar-refractivity contribution is 7.98. The Morgan fingerprint density at radius 1 is 1.00 bits per heavy atom. The Kier molecular flexibility index (Phi) is 5.72. The van der Waals surface area contributed by atoms with Crippen LogP contribution >= 0.6 is 11.8 Å². The van der Waals surface area contributed by atoms with Crippen molar-refractivity contribution in [2.45, 2.75) is 25.3 Å². The van der Waals surface area contributed by atoms with Crippen LogP contribution in [0.15, 0.2) is 41.2 Å². The third kappa shape index (κ3) is 4.37. The van der Waals surface area contributed by atoms with Crippen LogP contribution in [0.1, 0.15) is 16.8 Å². The lowest BCUT2D eigenvalue weighted by Gasteiger charge is -2.34. The number of aryl methyl sites for hydroxylation is 1. The first kappa shape index (κ1) is 17.8. The maximum atomic E-state index is 12.3. The van der Waals surface area contributed by atoms with Crippen LogP contribution in [0.5, 0.6) is 0 Å². The van der Waals surface area contributed by atoms with E-state index in [0.29, 0.717) is 6.54 Å². The molecule has 1 saturated heterocycles. The normalized spacial score (nSPS) is 18.6. The minimum absolute atomic E-state index is 0.0500. The molecule has 26 heavy (non-hydrogen) atoms. The van der Waals surface area contributed by atoms with Gasteiger partial charge in [-0.15, -0.1) is 0 Å². The predicted molar refractivity (Wildman–Crippen MR) is 107 cm³/mol. The molecule has 0 amide bonds. The summed E-state index contributed by atoms with van der Waals surface area (Å²) in [5.41, 5.74) is 3.69. The lowest BCUT2D eigenvalue weighted by atomic mass is 10.2. The zero-order chi connectivity index (χ0) is 17.8. The average molecular weight is 371 g/mol. The Morgan fingerprint density at radius 3 is 2.58 bits per heavy atom. The molecule has 0 unspecified atom stereocenters. The summed E-state index contributed by atoms with van der Waals surface area (Å²) in [5.74, 6) is 2.05. The molecule has 0 atom stereocenters. The van der Waals surface area contributed by atoms with Gasteiger partial charge in [0.2, 0.25) is 0 Å². The average Bonchev–Trinajstić information content (AvgIpc) is 2.68. The predicted octanol–water partition coefficient (Wildman–Crippen LogP) is 1.85. The van der Waals surface area contributed by atoms with E-state index in [9.17, 15) is 4.79 Å². The van der Waals surface area contributed by atoms with Crippen molar-refractivity contribution in [2.24, 2.45) is 0 Å². The molecule has 0 aliphatic carbocycles. The van der Waals surface area contributed by atoms with Crippen molar-refractivity contribution in [1.82, 2.24) is 19.6 Å². The number of piperazine rings is 1. The molecule has 5 nitrogen and oxygen atoms in total. The maximum absolute atomic E-state index is 12.3. The second-order valence-corrected chi connectivity index (χ2v) is 8.19. The summed E-state index contributed by atoms with van der Waals surface area (Å²) in [4.78, 5) is 17.2. The topological polar surface area (TPSA) is 41.4 Å². The van der Waals surface area contributed by atoms with Crippen molar-refractivity contribution in [3.8, 4) is 0 Å². The molecule has 0 saturated carbocycles. The van der Waals surface area contributed by atoms with E-state index in [2.05, 4.69) is 45.2 Å². The van der Waals surface area contributed by atoms with E-state index in [0.717, 1.165) is 68.5 Å². The molecule has 0 radical (unpaired) electrons. The van der Waals surface area contributed by atoms with Crippen LogP contribution in [0.4, 0.5) is 0 Å². The van der Waals surface area contributed by atoms with Gasteiger partial charge in [-0.1, -0.05) is 30.3 Å². The van der Waals surface area contributed by atoms with Crippen LogP contribution in [0, 0.1) is 0 Å². The zero-order valence-electron chi connectivity index (χ0n) is 15.1. The molecular formula is C20H26N4OS. The van der Waals surface area contributed by atoms with Gasteiger partial charge in [0, 0.05) is 57.5 Å². The van der Waals surface area contributed by atoms with E-state index >= 15 is 0 Å². The van der Waals surface area contributed by atoms with Gasteiger partial charge in [-0.05, 0) is 16.9 Å². The third-order valence-electron chi connectivity index (χ3n) is 5.25. The lowest BCUT2D eigenvalue weighted by molar-refractivity contribution is 0.122. The van der Waals surface area contributed by atoms with E-state index in [-0.39, 0.29) is 5.56 Å². The Hall–Kier alpha value is -1.63. The van der Waals surface area contributed by atoms with Gasteiger partial charge in [0.25, 0.3) is 5.56 Å². The van der Waals surface area contributed by atoms with E-state index in [1.54, 1.807) is 10.7 Å². The molecule has 138 valence electrons. The first-order valence-corrected chi connectivity index (χ1v) is 10.6. The van der Waals surface area contributed by atoms with Gasteiger partial charge >= 0.3 is 0 Å². The van der Waals surface area contributed by atoms with Crippen molar-refractivity contribution in [3.63, 3.8) is 0 Å². The molecular weight excluding hydrogens is 344 g/mol. The van der Waals surface area contributed by atoms with Gasteiger partial charge in [-0.3, -0.25) is 14.6 Å². The maximum Gasteiger partial charge on any atom is 0.267 e. The van der Waals surface area contributed by atoms with E-state index in [1.165, 1.54) is 5.56 Å². The summed E-state index contributed by atoms with van der Waals surface area (Å²) < 4.78 is 1.67. The van der Waals surface area contributed by atoms with E-state index < -0.39 is 0 Å². The number of rotatable bonds is 5. The third-order valence-corrected chi connectivity index (χ3v) is 6.25. The fourth-order valence-corrected chi connectivity index (χ4v) is 4.61. The highest BCUT2D eigenvalue weighted by atomic mass is 32.2. The summed E-state index contributed by atoms with van der Waals surface area (Å²) in [5, 5.41) is 4.62. The lowest BCUT2D eigenvalue weighted by Crippen LogP contribution is -2.47. The van der Waals surface area contributed by atoms with Gasteiger partial charge in [-0.2, -0.15) is 16.9 Å². The van der Waals surface area contributed by atoms with Gasteiger partial charge < -0.3 is 0 Å². The smallest absolute Gasteiger partial charge is 0.267 e. The monoisotopic (exact) mass is 370 g/mol. The number of hydrogen-bond donors (Lipinski definition) is 0. The second kappa shape index (κ2) is 8.37. The SMILES string of the molecule is O=c1cc2c(nn1CCN1CCN(Cc3ccccc3)CC1)CCSC2. The Labute approximate surface area is 159 Å². The molecule has 0 bridgehead atoms. The standard InChI is InChI=1S/C20H26N4OS/c25-20-14-18-16-26-13-6-19(18)21-24(20)12-11-22-7-9-23(10-8-22)15-17-4-2-1-3-5-17/h1-5,14H,6-13,15-16H2. The summed E-state index contributed by atoms with van der Waals surface area (Å²) in [7, 11) is 0. The number of benzene rings is 1. The minimum atomic E-state index is 0.0500. The van der Waals surface area contributed by atoms with Crippen LogP contribution in [0.25, 0.3) is 0 Å². The Balaban J connectivity index is 1.28. The van der Waals surface area contributed by atoms with Crippen molar-refractivity contribution >= 4 is 11.8 Å². The molecule has 3 heterocycles. The molecule has 0 N–H and O–H groups in total. The molecule has 2 aliphatic heterocycles. The van der Waals surface area contributed by atoms with E-state index in [1.807, 2.05) is 11.8 Å². The zero-order valence-corrected chi connectivity index (χ0v) is 16.0. The quantitative estimate of drug-likeness (QED) is 0.803. The van der Waals surface area contributed by atoms with Crippen molar-refractivity contribution < 1.29 is 0 Å². The second-order valence-electron chi connectivity index (χ2n) is 7.08. The first-order valence-electron chi connectivity index (χ1n) is 9.44. The number of thioether (sulfide) groups is 1. The fraction of sp³-hybridized carbons (Fsp3) is 0.500. The van der Waals surface area contributed by atoms with Gasteiger partial charge in [0.05, 0.1) is 12.2 Å². The number of fused-ring (bicyclic) bond motifs is 1. The van der Waals surface area contributed by atoms with Crippen LogP contribution in [-0.2, 0) is 25.3 Å². The Bertz CT molecular complexity index is 784. The fourth-order valence-electron chi connectivity index (χ4n) is 3.66. The summed E-state index contributed by atoms with van der Waals surface area (Å²) in [6.45, 7) is 6.90. The number of hydrogen-bond acceptors (Lipinski definition) is 5. The molecule has 1 aromatic heterocycles. The summed E-state index contributed by atoms with van der Waals surface area (Å²) in [6, 6.07) is 12.5. The van der Waals surface area contributed by atoms with Crippen LogP contribution in [0.2, 0.25) is 0 Å². The van der Waals surface area contributed by atoms with Crippen LogP contribution in [0.3, 0.4) is 0 Å². The van der Waals surface area contributed by atoms with Crippen molar-refractivity contribution in [3.05, 3.63) is 63.6 Å². The van der Waals surface area contributed by atoms with E-state index in [4.69, 9.17) is 0 Å². The van der Waals surface area contributed by atoms with Crippen LogP contribution < -0.4 is 5.56 Å². The molecule has 1 fully saturated rings. The molecule has 0 spiro atoms. The minimum Gasteiger partial charge on any atom is -0.299 e. The summed E-state index contributed by atoms with van der Waals surface area (Å²) >= 11 is 1.89. The van der Waals surface area contributed by atoms with Gasteiger partial charge in [-0.25, -0.2) is 4.68 Å². The molecule has 2 aromatic rings. The molecule has 4 rings (SSSR count). The first-order chi connectivity index (χ1) is 12.8.